The van der Waals surface area contributed by atoms with Gasteiger partial charge in [0, 0.05) is 25.5 Å². The maximum Gasteiger partial charge on any atom is 0.254 e. The first-order chi connectivity index (χ1) is 19.1. The Bertz CT molecular complexity index is 1440. The molecule has 4 heterocycles. The van der Waals surface area contributed by atoms with E-state index in [1.165, 1.54) is 18.9 Å². The molecule has 10 nitrogen and oxygen atoms in total. The second kappa shape index (κ2) is 11.8. The molecule has 0 saturated carbocycles. The third kappa shape index (κ3) is 5.93. The van der Waals surface area contributed by atoms with Crippen molar-refractivity contribution in [2.24, 2.45) is 0 Å². The molecule has 3 aromatic heterocycles. The third-order valence-electron chi connectivity index (χ3n) is 6.58. The summed E-state index contributed by atoms with van der Waals surface area (Å²) in [4.78, 5) is 29.8. The monoisotopic (exact) mass is 528 g/mol. The predicted octanol–water partition coefficient (Wildman–Crippen LogP) is 4.40. The molecule has 1 fully saturated rings. The lowest BCUT2D eigenvalue weighted by Gasteiger charge is -2.22. The van der Waals surface area contributed by atoms with Crippen LogP contribution in [-0.4, -0.2) is 53.1 Å². The first-order valence-electron chi connectivity index (χ1n) is 12.6. The molecule has 1 aromatic carbocycles. The standard InChI is InChI=1S/C28H29FN8O2/c1-30-28(38)21-16-33-25(37-24-7-6-18(13-32-24)17-8-10-31-11-9-17)12-23(21)36-22-5-3-4-20(26(22)39-2)27-34-14-19(29)15-35-27/h3-7,12-17,31H,8-11H2,1-2H3,(H,30,38)(H2,32,33,36,37). The highest BCUT2D eigenvalue weighted by molar-refractivity contribution is 6.00. The Balaban J connectivity index is 1.43. The van der Waals surface area contributed by atoms with Crippen LogP contribution in [0.2, 0.25) is 0 Å². The first kappa shape index (κ1) is 26.0. The topological polar surface area (TPSA) is 126 Å². The number of pyridine rings is 2. The molecule has 11 heteroatoms. The van der Waals surface area contributed by atoms with Gasteiger partial charge >= 0.3 is 0 Å². The third-order valence-corrected chi connectivity index (χ3v) is 6.58. The summed E-state index contributed by atoms with van der Waals surface area (Å²) in [5, 5.41) is 12.5. The second-order valence-corrected chi connectivity index (χ2v) is 9.06. The fraction of sp³-hybridized carbons (Fsp3) is 0.250. The number of anilines is 4. The molecule has 0 radical (unpaired) electrons. The van der Waals surface area contributed by atoms with Gasteiger partial charge in [-0.15, -0.1) is 0 Å². The van der Waals surface area contributed by atoms with E-state index in [9.17, 15) is 9.18 Å². The minimum absolute atomic E-state index is 0.305. The number of rotatable bonds is 8. The van der Waals surface area contributed by atoms with Gasteiger partial charge in [-0.1, -0.05) is 12.1 Å². The molecule has 4 N–H and O–H groups in total. The zero-order chi connectivity index (χ0) is 27.2. The lowest BCUT2D eigenvalue weighted by atomic mass is 9.91. The quantitative estimate of drug-likeness (QED) is 0.263. The number of hydrogen-bond acceptors (Lipinski definition) is 9. The average molecular weight is 529 g/mol. The number of methoxy groups -OCH3 is 1. The summed E-state index contributed by atoms with van der Waals surface area (Å²) in [6.45, 7) is 2.04. The molecule has 0 bridgehead atoms. The van der Waals surface area contributed by atoms with Crippen LogP contribution in [0.3, 0.4) is 0 Å². The molecule has 4 aromatic rings. The number of carbonyl (C=O) groups excluding carboxylic acids is 1. The van der Waals surface area contributed by atoms with Gasteiger partial charge in [0.1, 0.15) is 11.6 Å². The van der Waals surface area contributed by atoms with E-state index in [0.29, 0.717) is 51.6 Å². The Morgan fingerprint density at radius 3 is 2.41 bits per heavy atom. The minimum Gasteiger partial charge on any atom is -0.494 e. The van der Waals surface area contributed by atoms with E-state index in [-0.39, 0.29) is 5.91 Å². The number of nitrogens with one attached hydrogen (secondary N) is 4. The van der Waals surface area contributed by atoms with E-state index in [1.54, 1.807) is 31.3 Å². The molecule has 0 aliphatic carbocycles. The highest BCUT2D eigenvalue weighted by atomic mass is 19.1. The van der Waals surface area contributed by atoms with E-state index >= 15 is 0 Å². The Hall–Kier alpha value is -4.64. The lowest BCUT2D eigenvalue weighted by Crippen LogP contribution is -2.26. The SMILES string of the molecule is CNC(=O)c1cnc(Nc2ccc(C3CCNCC3)cn2)cc1Nc1cccc(-c2ncc(F)cn2)c1OC. The van der Waals surface area contributed by atoms with E-state index in [1.807, 2.05) is 12.3 Å². The second-order valence-electron chi connectivity index (χ2n) is 9.06. The smallest absolute Gasteiger partial charge is 0.254 e. The molecular formula is C28H29FN8O2. The summed E-state index contributed by atoms with van der Waals surface area (Å²) < 4.78 is 19.0. The van der Waals surface area contributed by atoms with Crippen LogP contribution in [0.5, 0.6) is 5.75 Å². The van der Waals surface area contributed by atoms with E-state index < -0.39 is 5.82 Å². The van der Waals surface area contributed by atoms with Gasteiger partial charge in [-0.25, -0.2) is 24.3 Å². The summed E-state index contributed by atoms with van der Waals surface area (Å²) in [7, 11) is 3.07. The van der Waals surface area contributed by atoms with Crippen LogP contribution >= 0.6 is 0 Å². The summed E-state index contributed by atoms with van der Waals surface area (Å²) in [6.07, 6.45) is 7.79. The van der Waals surface area contributed by atoms with Crippen molar-refractivity contribution in [3.05, 3.63) is 78.1 Å². The maximum atomic E-state index is 13.4. The van der Waals surface area contributed by atoms with Gasteiger partial charge in [0.15, 0.2) is 17.4 Å². The van der Waals surface area contributed by atoms with E-state index in [4.69, 9.17) is 4.74 Å². The van der Waals surface area contributed by atoms with Crippen LogP contribution in [0.4, 0.5) is 27.4 Å². The highest BCUT2D eigenvalue weighted by Gasteiger charge is 2.18. The van der Waals surface area contributed by atoms with Gasteiger partial charge in [-0.05, 0) is 55.6 Å². The lowest BCUT2D eigenvalue weighted by molar-refractivity contribution is 0.0963. The largest absolute Gasteiger partial charge is 0.494 e. The first-order valence-corrected chi connectivity index (χ1v) is 12.6. The Kier molecular flexibility index (Phi) is 7.88. The Morgan fingerprint density at radius 2 is 1.72 bits per heavy atom. The molecule has 1 amide bonds. The Morgan fingerprint density at radius 1 is 0.949 bits per heavy atom. The molecule has 200 valence electrons. The summed E-state index contributed by atoms with van der Waals surface area (Å²) in [5.41, 5.74) is 3.19. The fourth-order valence-electron chi connectivity index (χ4n) is 4.58. The van der Waals surface area contributed by atoms with Gasteiger partial charge in [0.25, 0.3) is 5.91 Å². The zero-order valence-electron chi connectivity index (χ0n) is 21.7. The van der Waals surface area contributed by atoms with E-state index in [0.717, 1.165) is 38.3 Å². The number of carbonyl (C=O) groups is 1. The molecule has 1 aliphatic heterocycles. The molecule has 0 unspecified atom stereocenters. The van der Waals surface area contributed by atoms with Gasteiger partial charge in [-0.3, -0.25) is 4.79 Å². The van der Waals surface area contributed by atoms with Gasteiger partial charge < -0.3 is 26.0 Å². The summed E-state index contributed by atoms with van der Waals surface area (Å²) in [5.74, 6) is 1.57. The molecule has 1 saturated heterocycles. The van der Waals surface area contributed by atoms with Crippen molar-refractivity contribution >= 4 is 28.9 Å². The van der Waals surface area contributed by atoms with Gasteiger partial charge in [-0.2, -0.15) is 0 Å². The van der Waals surface area contributed by atoms with Crippen molar-refractivity contribution in [1.82, 2.24) is 30.6 Å². The maximum absolute atomic E-state index is 13.4. The van der Waals surface area contributed by atoms with Crippen molar-refractivity contribution < 1.29 is 13.9 Å². The van der Waals surface area contributed by atoms with Crippen LogP contribution < -0.4 is 26.0 Å². The molecule has 5 rings (SSSR count). The van der Waals surface area contributed by atoms with Crippen molar-refractivity contribution in [1.29, 1.82) is 0 Å². The van der Waals surface area contributed by atoms with E-state index in [2.05, 4.69) is 47.3 Å². The van der Waals surface area contributed by atoms with Crippen molar-refractivity contribution in [2.45, 2.75) is 18.8 Å². The molecular weight excluding hydrogens is 499 g/mol. The van der Waals surface area contributed by atoms with Crippen LogP contribution in [0.15, 0.2) is 61.2 Å². The number of para-hydroxylation sites is 1. The van der Waals surface area contributed by atoms with Crippen LogP contribution in [0, 0.1) is 5.82 Å². The zero-order valence-corrected chi connectivity index (χ0v) is 21.7. The number of nitrogens with zero attached hydrogens (tertiary/aromatic N) is 4. The molecule has 0 spiro atoms. The number of aromatic nitrogens is 4. The number of amides is 1. The number of hydrogen-bond donors (Lipinski definition) is 4. The fourth-order valence-corrected chi connectivity index (χ4v) is 4.58. The van der Waals surface area contributed by atoms with Crippen molar-refractivity contribution in [3.63, 3.8) is 0 Å². The molecule has 39 heavy (non-hydrogen) atoms. The average Bonchev–Trinajstić information content (AvgIpc) is 2.98. The van der Waals surface area contributed by atoms with Crippen molar-refractivity contribution in [3.8, 4) is 17.1 Å². The van der Waals surface area contributed by atoms with Crippen LogP contribution in [0.25, 0.3) is 11.4 Å². The Labute approximate surface area is 225 Å². The summed E-state index contributed by atoms with van der Waals surface area (Å²) >= 11 is 0. The number of piperidine rings is 1. The van der Waals surface area contributed by atoms with Gasteiger partial charge in [0.05, 0.1) is 42.0 Å². The molecule has 0 atom stereocenters. The van der Waals surface area contributed by atoms with Crippen LogP contribution in [-0.2, 0) is 0 Å². The number of benzene rings is 1. The van der Waals surface area contributed by atoms with Gasteiger partial charge in [0.2, 0.25) is 0 Å². The predicted molar refractivity (Wildman–Crippen MR) is 147 cm³/mol. The van der Waals surface area contributed by atoms with Crippen LogP contribution in [0.1, 0.15) is 34.7 Å². The normalized spacial score (nSPS) is 13.5. The summed E-state index contributed by atoms with van der Waals surface area (Å²) in [6, 6.07) is 11.1. The van der Waals surface area contributed by atoms with Crippen molar-refractivity contribution in [2.75, 3.05) is 37.9 Å². The number of halogens is 1. The highest BCUT2D eigenvalue weighted by Crippen LogP contribution is 2.37. The number of ether oxygens (including phenoxy) is 1. The minimum atomic E-state index is -0.533. The molecule has 1 aliphatic rings.